The van der Waals surface area contributed by atoms with Crippen molar-refractivity contribution in [2.75, 3.05) is 0 Å². The fourth-order valence-electron chi connectivity index (χ4n) is 4.23. The van der Waals surface area contributed by atoms with Crippen molar-refractivity contribution in [2.24, 2.45) is 11.8 Å². The molecule has 2 heterocycles. The zero-order valence-electron chi connectivity index (χ0n) is 11.8. The van der Waals surface area contributed by atoms with Crippen molar-refractivity contribution in [1.82, 2.24) is 0 Å². The van der Waals surface area contributed by atoms with Crippen molar-refractivity contribution in [1.29, 1.82) is 0 Å². The molecule has 0 spiro atoms. The Morgan fingerprint density at radius 2 is 1.48 bits per heavy atom. The molecule has 3 aliphatic rings. The molecule has 1 aliphatic carbocycles. The highest BCUT2D eigenvalue weighted by molar-refractivity contribution is 14.1. The van der Waals surface area contributed by atoms with E-state index in [4.69, 9.17) is 0 Å². The Balaban J connectivity index is 1.74. The van der Waals surface area contributed by atoms with Gasteiger partial charge in [-0.15, -0.1) is 11.8 Å². The summed E-state index contributed by atoms with van der Waals surface area (Å²) in [5, 5.41) is 0.280. The molecule has 1 fully saturated rings. The fourth-order valence-corrected chi connectivity index (χ4v) is 8.31. The number of hydrogen-bond acceptors (Lipinski definition) is 3. The van der Waals surface area contributed by atoms with E-state index in [0.29, 0.717) is 11.1 Å². The quantitative estimate of drug-likeness (QED) is 0.436. The number of benzene rings is 2. The number of ketones is 2. The SMILES string of the molecule is O=C1c2cc(I)cc(I)c2C(=O)C2C3SC(c4ccccc43)C12. The number of fused-ring (bicyclic) bond motifs is 9. The lowest BCUT2D eigenvalue weighted by molar-refractivity contribution is 0.0731. The van der Waals surface area contributed by atoms with Crippen LogP contribution in [0.15, 0.2) is 36.4 Å². The molecular weight excluding hydrogens is 534 g/mol. The van der Waals surface area contributed by atoms with Crippen LogP contribution < -0.4 is 0 Å². The largest absolute Gasteiger partial charge is 0.294 e. The molecule has 2 bridgehead atoms. The summed E-state index contributed by atoms with van der Waals surface area (Å²) in [6, 6.07) is 12.2. The van der Waals surface area contributed by atoms with Gasteiger partial charge in [-0.25, -0.2) is 0 Å². The van der Waals surface area contributed by atoms with Gasteiger partial charge in [0.25, 0.3) is 0 Å². The molecule has 4 unspecified atom stereocenters. The third kappa shape index (κ3) is 1.87. The van der Waals surface area contributed by atoms with E-state index >= 15 is 0 Å². The average molecular weight is 544 g/mol. The summed E-state index contributed by atoms with van der Waals surface area (Å²) in [5.74, 6) is -0.0437. The van der Waals surface area contributed by atoms with Crippen molar-refractivity contribution in [3.8, 4) is 0 Å². The molecule has 0 N–H and O–H groups in total. The van der Waals surface area contributed by atoms with E-state index in [1.54, 1.807) is 0 Å². The monoisotopic (exact) mass is 544 g/mol. The van der Waals surface area contributed by atoms with E-state index in [9.17, 15) is 9.59 Å². The van der Waals surface area contributed by atoms with Crippen LogP contribution in [0.1, 0.15) is 42.3 Å². The normalized spacial score (nSPS) is 30.2. The summed E-state index contributed by atoms with van der Waals surface area (Å²) < 4.78 is 1.92. The van der Waals surface area contributed by atoms with Gasteiger partial charge in [-0.3, -0.25) is 9.59 Å². The summed E-state index contributed by atoms with van der Waals surface area (Å²) in [7, 11) is 0. The second kappa shape index (κ2) is 5.05. The maximum Gasteiger partial charge on any atom is 0.169 e. The molecule has 4 atom stereocenters. The lowest BCUT2D eigenvalue weighted by atomic mass is 9.66. The summed E-state index contributed by atoms with van der Waals surface area (Å²) in [4.78, 5) is 26.4. The summed E-state index contributed by atoms with van der Waals surface area (Å²) in [6.07, 6.45) is 0. The number of carbonyl (C=O) groups excluding carboxylic acids is 2. The number of rotatable bonds is 0. The molecule has 5 rings (SSSR count). The molecule has 2 aromatic rings. The van der Waals surface area contributed by atoms with Gasteiger partial charge < -0.3 is 0 Å². The van der Waals surface area contributed by atoms with Gasteiger partial charge in [0.2, 0.25) is 0 Å². The van der Waals surface area contributed by atoms with Crippen molar-refractivity contribution in [2.45, 2.75) is 10.5 Å². The zero-order chi connectivity index (χ0) is 15.9. The van der Waals surface area contributed by atoms with Crippen LogP contribution in [0.2, 0.25) is 0 Å². The third-order valence-electron chi connectivity index (χ3n) is 5.11. The van der Waals surface area contributed by atoms with Crippen molar-refractivity contribution < 1.29 is 9.59 Å². The van der Waals surface area contributed by atoms with Crippen LogP contribution >= 0.6 is 56.9 Å². The first-order valence-corrected chi connectivity index (χ1v) is 10.5. The first-order chi connectivity index (χ1) is 11.1. The van der Waals surface area contributed by atoms with E-state index < -0.39 is 0 Å². The van der Waals surface area contributed by atoms with Crippen molar-refractivity contribution in [3.63, 3.8) is 0 Å². The second-order valence-corrected chi connectivity index (χ2v) is 9.89. The summed E-state index contributed by atoms with van der Waals surface area (Å²) >= 11 is 6.22. The number of carbonyl (C=O) groups is 2. The minimum atomic E-state index is -0.187. The van der Waals surface area contributed by atoms with Crippen LogP contribution in [0.5, 0.6) is 0 Å². The molecule has 2 nitrogen and oxygen atoms in total. The topological polar surface area (TPSA) is 34.1 Å². The lowest BCUT2D eigenvalue weighted by Gasteiger charge is -2.34. The zero-order valence-corrected chi connectivity index (χ0v) is 16.9. The molecule has 1 saturated heterocycles. The van der Waals surface area contributed by atoms with Crippen molar-refractivity contribution in [3.05, 3.63) is 65.8 Å². The molecule has 0 saturated carbocycles. The van der Waals surface area contributed by atoms with E-state index in [1.807, 2.05) is 36.0 Å². The molecule has 0 amide bonds. The molecule has 5 heteroatoms. The van der Waals surface area contributed by atoms with Gasteiger partial charge in [-0.2, -0.15) is 0 Å². The van der Waals surface area contributed by atoms with Crippen LogP contribution in [0.25, 0.3) is 0 Å². The number of halogens is 2. The van der Waals surface area contributed by atoms with Gasteiger partial charge >= 0.3 is 0 Å². The third-order valence-corrected chi connectivity index (χ3v) is 8.27. The van der Waals surface area contributed by atoms with E-state index in [2.05, 4.69) is 57.3 Å². The van der Waals surface area contributed by atoms with Gasteiger partial charge in [0.05, 0.1) is 0 Å². The fraction of sp³-hybridized carbons (Fsp3) is 0.222. The van der Waals surface area contributed by atoms with Crippen LogP contribution in [-0.4, -0.2) is 11.6 Å². The first kappa shape index (κ1) is 14.9. The lowest BCUT2D eigenvalue weighted by Crippen LogP contribution is -2.40. The molecule has 2 aliphatic heterocycles. The Morgan fingerprint density at radius 1 is 0.870 bits per heavy atom. The maximum atomic E-state index is 13.2. The molecular formula is C18H10I2O2S. The van der Waals surface area contributed by atoms with Crippen LogP contribution in [-0.2, 0) is 0 Å². The maximum absolute atomic E-state index is 13.2. The van der Waals surface area contributed by atoms with Gasteiger partial charge in [0, 0.05) is 40.6 Å². The molecule has 0 radical (unpaired) electrons. The van der Waals surface area contributed by atoms with Gasteiger partial charge in [-0.05, 0) is 68.4 Å². The Bertz CT molecular complexity index is 908. The predicted molar refractivity (Wildman–Crippen MR) is 107 cm³/mol. The van der Waals surface area contributed by atoms with E-state index in [-0.39, 0.29) is 33.9 Å². The van der Waals surface area contributed by atoms with Gasteiger partial charge in [-0.1, -0.05) is 24.3 Å². The molecule has 0 aromatic heterocycles. The van der Waals surface area contributed by atoms with Crippen LogP contribution in [0, 0.1) is 19.0 Å². The second-order valence-electron chi connectivity index (χ2n) is 6.20. The standard InChI is InChI=1S/C18H10I2O2S/c19-7-5-10-12(11(20)6-7)16(22)14-13(15(10)21)17-8-3-1-2-4-9(8)18(14)23-17/h1-6,13-14,17-18H. The van der Waals surface area contributed by atoms with Gasteiger partial charge in [0.15, 0.2) is 11.6 Å². The Labute approximate surface area is 165 Å². The molecule has 2 aromatic carbocycles. The molecule has 23 heavy (non-hydrogen) atoms. The predicted octanol–water partition coefficient (Wildman–Crippen LogP) is 5.05. The Morgan fingerprint density at radius 3 is 2.13 bits per heavy atom. The highest BCUT2D eigenvalue weighted by Gasteiger charge is 2.59. The Kier molecular flexibility index (Phi) is 3.27. The highest BCUT2D eigenvalue weighted by Crippen LogP contribution is 2.68. The number of Topliss-reactive ketones (excluding diaryl/α,β-unsaturated/α-hetero) is 2. The van der Waals surface area contributed by atoms with Crippen molar-refractivity contribution >= 4 is 68.5 Å². The first-order valence-electron chi connectivity index (χ1n) is 7.39. The minimum absolute atomic E-state index is 0.140. The number of thioether (sulfide) groups is 1. The minimum Gasteiger partial charge on any atom is -0.294 e. The summed E-state index contributed by atoms with van der Waals surface area (Å²) in [6.45, 7) is 0. The molecule has 114 valence electrons. The summed E-state index contributed by atoms with van der Waals surface area (Å²) in [5.41, 5.74) is 3.81. The average Bonchev–Trinajstić information content (AvgIpc) is 3.09. The van der Waals surface area contributed by atoms with Crippen LogP contribution in [0.4, 0.5) is 0 Å². The highest BCUT2D eigenvalue weighted by atomic mass is 127. The Hall–Kier alpha value is -0.410. The smallest absolute Gasteiger partial charge is 0.169 e. The number of hydrogen-bond donors (Lipinski definition) is 0. The van der Waals surface area contributed by atoms with Gasteiger partial charge in [0.1, 0.15) is 0 Å². The van der Waals surface area contributed by atoms with E-state index in [1.165, 1.54) is 11.1 Å². The van der Waals surface area contributed by atoms with Crippen LogP contribution in [0.3, 0.4) is 0 Å². The van der Waals surface area contributed by atoms with E-state index in [0.717, 1.165) is 7.14 Å².